The van der Waals surface area contributed by atoms with Crippen LogP contribution in [0, 0.1) is 0 Å². The SMILES string of the molecule is CCOC(=O)C1(C)OC12CCC2. The number of esters is 1. The molecule has 1 saturated carbocycles. The minimum Gasteiger partial charge on any atom is -0.464 e. The monoisotopic (exact) mass is 170 g/mol. The maximum absolute atomic E-state index is 11.4. The van der Waals surface area contributed by atoms with Crippen molar-refractivity contribution in [2.75, 3.05) is 6.61 Å². The van der Waals surface area contributed by atoms with Crippen LogP contribution in [0.15, 0.2) is 0 Å². The zero-order chi connectivity index (χ0) is 8.82. The minimum absolute atomic E-state index is 0.126. The normalized spacial score (nSPS) is 35.8. The molecule has 3 heteroatoms. The third-order valence-corrected chi connectivity index (χ3v) is 3.05. The molecule has 0 aromatic carbocycles. The second kappa shape index (κ2) is 2.22. The van der Waals surface area contributed by atoms with Gasteiger partial charge in [0.05, 0.1) is 6.61 Å². The molecule has 1 unspecified atom stereocenters. The smallest absolute Gasteiger partial charge is 0.341 e. The standard InChI is InChI=1S/C9H14O3/c1-3-11-7(10)8(2)9(12-8)5-4-6-9/h3-6H2,1-2H3. The van der Waals surface area contributed by atoms with Gasteiger partial charge in [-0.05, 0) is 33.1 Å². The fourth-order valence-electron chi connectivity index (χ4n) is 1.94. The van der Waals surface area contributed by atoms with Crippen LogP contribution in [-0.2, 0) is 14.3 Å². The van der Waals surface area contributed by atoms with Gasteiger partial charge in [-0.2, -0.15) is 0 Å². The molecule has 1 heterocycles. The van der Waals surface area contributed by atoms with Crippen LogP contribution in [0.4, 0.5) is 0 Å². The molecule has 3 nitrogen and oxygen atoms in total. The fourth-order valence-corrected chi connectivity index (χ4v) is 1.94. The molecule has 0 amide bonds. The summed E-state index contributed by atoms with van der Waals surface area (Å²) in [5, 5.41) is 0. The van der Waals surface area contributed by atoms with Gasteiger partial charge in [0, 0.05) is 0 Å². The van der Waals surface area contributed by atoms with Crippen molar-refractivity contribution in [3.8, 4) is 0 Å². The third-order valence-electron chi connectivity index (χ3n) is 3.05. The van der Waals surface area contributed by atoms with Gasteiger partial charge in [-0.15, -0.1) is 0 Å². The van der Waals surface area contributed by atoms with E-state index in [1.165, 1.54) is 6.42 Å². The van der Waals surface area contributed by atoms with E-state index in [4.69, 9.17) is 9.47 Å². The van der Waals surface area contributed by atoms with Crippen LogP contribution in [0.25, 0.3) is 0 Å². The highest BCUT2D eigenvalue weighted by atomic mass is 16.7. The van der Waals surface area contributed by atoms with E-state index < -0.39 is 5.60 Å². The van der Waals surface area contributed by atoms with Gasteiger partial charge in [-0.25, -0.2) is 4.79 Å². The number of hydrogen-bond acceptors (Lipinski definition) is 3. The lowest BCUT2D eigenvalue weighted by molar-refractivity contribution is -0.148. The lowest BCUT2D eigenvalue weighted by atomic mass is 9.76. The molecule has 2 aliphatic rings. The van der Waals surface area contributed by atoms with Crippen molar-refractivity contribution >= 4 is 5.97 Å². The lowest BCUT2D eigenvalue weighted by Crippen LogP contribution is -2.37. The Labute approximate surface area is 72.0 Å². The Hall–Kier alpha value is -0.570. The average Bonchev–Trinajstić information content (AvgIpc) is 2.58. The van der Waals surface area contributed by atoms with Crippen molar-refractivity contribution in [2.45, 2.75) is 44.3 Å². The number of epoxide rings is 1. The van der Waals surface area contributed by atoms with E-state index >= 15 is 0 Å². The summed E-state index contributed by atoms with van der Waals surface area (Å²) in [6.07, 6.45) is 3.21. The van der Waals surface area contributed by atoms with Crippen molar-refractivity contribution in [1.29, 1.82) is 0 Å². The van der Waals surface area contributed by atoms with Gasteiger partial charge in [0.1, 0.15) is 5.60 Å². The van der Waals surface area contributed by atoms with Crippen LogP contribution >= 0.6 is 0 Å². The van der Waals surface area contributed by atoms with Gasteiger partial charge in [0.15, 0.2) is 5.60 Å². The van der Waals surface area contributed by atoms with E-state index in [1.54, 1.807) is 0 Å². The Morgan fingerprint density at radius 1 is 1.58 bits per heavy atom. The highest BCUT2D eigenvalue weighted by molar-refractivity contribution is 5.84. The molecule has 0 bridgehead atoms. The van der Waals surface area contributed by atoms with Crippen LogP contribution in [0.2, 0.25) is 0 Å². The van der Waals surface area contributed by atoms with Gasteiger partial charge in [0.2, 0.25) is 0 Å². The molecule has 1 atom stereocenters. The van der Waals surface area contributed by atoms with Crippen molar-refractivity contribution in [3.63, 3.8) is 0 Å². The fraction of sp³-hybridized carbons (Fsp3) is 0.889. The molecule has 1 aliphatic carbocycles. The summed E-state index contributed by atoms with van der Waals surface area (Å²) in [4.78, 5) is 11.4. The summed E-state index contributed by atoms with van der Waals surface area (Å²) < 4.78 is 10.4. The molecule has 0 radical (unpaired) electrons. The van der Waals surface area contributed by atoms with Crippen molar-refractivity contribution in [2.24, 2.45) is 0 Å². The maximum atomic E-state index is 11.4. The molecular formula is C9H14O3. The van der Waals surface area contributed by atoms with E-state index in [1.807, 2.05) is 13.8 Å². The van der Waals surface area contributed by atoms with E-state index in [0.717, 1.165) is 12.8 Å². The summed E-state index contributed by atoms with van der Waals surface area (Å²) in [7, 11) is 0. The quantitative estimate of drug-likeness (QED) is 0.462. The van der Waals surface area contributed by atoms with Crippen molar-refractivity contribution < 1.29 is 14.3 Å². The molecule has 12 heavy (non-hydrogen) atoms. The molecule has 2 rings (SSSR count). The highest BCUT2D eigenvalue weighted by Gasteiger charge is 2.74. The van der Waals surface area contributed by atoms with Crippen LogP contribution in [0.1, 0.15) is 33.1 Å². The summed E-state index contributed by atoms with van der Waals surface area (Å²) >= 11 is 0. The second-order valence-corrected chi connectivity index (χ2v) is 3.70. The molecule has 0 N–H and O–H groups in total. The van der Waals surface area contributed by atoms with E-state index in [2.05, 4.69) is 0 Å². The minimum atomic E-state index is -0.610. The topological polar surface area (TPSA) is 38.8 Å². The number of ether oxygens (including phenoxy) is 2. The van der Waals surface area contributed by atoms with Crippen LogP contribution < -0.4 is 0 Å². The lowest BCUT2D eigenvalue weighted by Gasteiger charge is -2.24. The number of rotatable bonds is 2. The van der Waals surface area contributed by atoms with Crippen molar-refractivity contribution in [1.82, 2.24) is 0 Å². The largest absolute Gasteiger partial charge is 0.464 e. The molecule has 1 aliphatic heterocycles. The Morgan fingerprint density at radius 3 is 2.58 bits per heavy atom. The summed E-state index contributed by atoms with van der Waals surface area (Å²) in [6, 6.07) is 0. The number of carbonyl (C=O) groups excluding carboxylic acids is 1. The maximum Gasteiger partial charge on any atom is 0.341 e. The third kappa shape index (κ3) is 0.774. The molecule has 1 saturated heterocycles. The van der Waals surface area contributed by atoms with E-state index in [9.17, 15) is 4.79 Å². The Balaban J connectivity index is 2.00. The molecular weight excluding hydrogens is 156 g/mol. The summed E-state index contributed by atoms with van der Waals surface area (Å²) in [5.41, 5.74) is -0.736. The predicted octanol–water partition coefficient (Wildman–Crippen LogP) is 1.26. The highest BCUT2D eigenvalue weighted by Crippen LogP contribution is 2.60. The summed E-state index contributed by atoms with van der Waals surface area (Å²) in [6.45, 7) is 4.09. The van der Waals surface area contributed by atoms with Gasteiger partial charge in [0.25, 0.3) is 0 Å². The molecule has 2 fully saturated rings. The summed E-state index contributed by atoms with van der Waals surface area (Å²) in [5.74, 6) is -0.190. The number of hydrogen-bond donors (Lipinski definition) is 0. The van der Waals surface area contributed by atoms with Crippen LogP contribution in [-0.4, -0.2) is 23.8 Å². The first kappa shape index (κ1) is 8.05. The van der Waals surface area contributed by atoms with Crippen LogP contribution in [0.3, 0.4) is 0 Å². The number of carbonyl (C=O) groups is 1. The van der Waals surface area contributed by atoms with E-state index in [-0.39, 0.29) is 11.6 Å². The first-order valence-electron chi connectivity index (χ1n) is 4.52. The molecule has 1 spiro atoms. The molecule has 0 aromatic heterocycles. The van der Waals surface area contributed by atoms with Crippen molar-refractivity contribution in [3.05, 3.63) is 0 Å². The average molecular weight is 170 g/mol. The first-order valence-corrected chi connectivity index (χ1v) is 4.52. The van der Waals surface area contributed by atoms with Crippen LogP contribution in [0.5, 0.6) is 0 Å². The Kier molecular flexibility index (Phi) is 1.49. The van der Waals surface area contributed by atoms with Gasteiger partial charge >= 0.3 is 5.97 Å². The first-order chi connectivity index (χ1) is 5.65. The zero-order valence-corrected chi connectivity index (χ0v) is 7.55. The van der Waals surface area contributed by atoms with Gasteiger partial charge in [-0.3, -0.25) is 0 Å². The molecule has 0 aromatic rings. The zero-order valence-electron chi connectivity index (χ0n) is 7.55. The van der Waals surface area contributed by atoms with Gasteiger partial charge < -0.3 is 9.47 Å². The second-order valence-electron chi connectivity index (χ2n) is 3.70. The Bertz CT molecular complexity index is 220. The Morgan fingerprint density at radius 2 is 2.25 bits per heavy atom. The van der Waals surface area contributed by atoms with E-state index in [0.29, 0.717) is 6.61 Å². The predicted molar refractivity (Wildman–Crippen MR) is 42.7 cm³/mol. The molecule has 68 valence electrons. The van der Waals surface area contributed by atoms with Gasteiger partial charge in [-0.1, -0.05) is 0 Å².